The second kappa shape index (κ2) is 3.21. The second-order valence-electron chi connectivity index (χ2n) is 5.75. The van der Waals surface area contributed by atoms with E-state index in [2.05, 4.69) is 17.3 Å². The summed E-state index contributed by atoms with van der Waals surface area (Å²) in [7, 11) is 2.27. The van der Waals surface area contributed by atoms with Crippen LogP contribution in [0.25, 0.3) is 0 Å². The Labute approximate surface area is 87.0 Å². The van der Waals surface area contributed by atoms with Gasteiger partial charge in [0, 0.05) is 18.1 Å². The molecule has 3 rings (SSSR count). The van der Waals surface area contributed by atoms with Gasteiger partial charge in [-0.15, -0.1) is 0 Å². The zero-order valence-electron chi connectivity index (χ0n) is 9.26. The van der Waals surface area contributed by atoms with E-state index in [1.807, 2.05) is 0 Å². The maximum absolute atomic E-state index is 3.86. The standard InChI is InChI=1S/C12H22N2/c1-14-7-2-4-10(9-14)11-8-12(13-11)5-3-6-12/h10-11,13H,2-9H2,1H3. The Morgan fingerprint density at radius 2 is 2.07 bits per heavy atom. The van der Waals surface area contributed by atoms with Crippen LogP contribution in [0.2, 0.25) is 0 Å². The highest BCUT2D eigenvalue weighted by Gasteiger charge is 2.49. The fourth-order valence-corrected chi connectivity index (χ4v) is 3.56. The summed E-state index contributed by atoms with van der Waals surface area (Å²) in [6.07, 6.45) is 8.71. The topological polar surface area (TPSA) is 15.3 Å². The van der Waals surface area contributed by atoms with Gasteiger partial charge in [-0.2, -0.15) is 0 Å². The van der Waals surface area contributed by atoms with Crippen molar-refractivity contribution >= 4 is 0 Å². The smallest absolute Gasteiger partial charge is 0.0199 e. The molecule has 0 bridgehead atoms. The quantitative estimate of drug-likeness (QED) is 0.682. The average molecular weight is 194 g/mol. The summed E-state index contributed by atoms with van der Waals surface area (Å²) in [5.74, 6) is 0.944. The van der Waals surface area contributed by atoms with Crippen LogP contribution in [0.5, 0.6) is 0 Å². The van der Waals surface area contributed by atoms with Crippen LogP contribution in [-0.4, -0.2) is 36.6 Å². The number of nitrogens with one attached hydrogen (secondary N) is 1. The SMILES string of the molecule is CN1CCCC(C2CC3(CCC3)N2)C1. The first-order chi connectivity index (χ1) is 6.77. The van der Waals surface area contributed by atoms with Gasteiger partial charge < -0.3 is 10.2 Å². The van der Waals surface area contributed by atoms with Crippen LogP contribution >= 0.6 is 0 Å². The predicted molar refractivity (Wildman–Crippen MR) is 58.3 cm³/mol. The molecule has 2 heteroatoms. The van der Waals surface area contributed by atoms with E-state index >= 15 is 0 Å². The van der Waals surface area contributed by atoms with Crippen LogP contribution in [-0.2, 0) is 0 Å². The molecule has 0 amide bonds. The summed E-state index contributed by atoms with van der Waals surface area (Å²) in [6.45, 7) is 2.64. The maximum Gasteiger partial charge on any atom is 0.0199 e. The third kappa shape index (κ3) is 1.40. The number of nitrogens with zero attached hydrogens (tertiary/aromatic N) is 1. The molecule has 1 saturated carbocycles. The Morgan fingerprint density at radius 3 is 2.64 bits per heavy atom. The van der Waals surface area contributed by atoms with Crippen molar-refractivity contribution < 1.29 is 0 Å². The molecule has 2 nitrogen and oxygen atoms in total. The van der Waals surface area contributed by atoms with Crippen LogP contribution < -0.4 is 5.32 Å². The number of likely N-dealkylation sites (tertiary alicyclic amines) is 1. The molecule has 2 saturated heterocycles. The van der Waals surface area contributed by atoms with Gasteiger partial charge in [0.2, 0.25) is 0 Å². The highest BCUT2D eigenvalue weighted by atomic mass is 15.2. The van der Waals surface area contributed by atoms with Crippen molar-refractivity contribution in [2.24, 2.45) is 5.92 Å². The monoisotopic (exact) mass is 194 g/mol. The maximum atomic E-state index is 3.86. The highest BCUT2D eigenvalue weighted by molar-refractivity contribution is 5.10. The minimum absolute atomic E-state index is 0.640. The fraction of sp³-hybridized carbons (Fsp3) is 1.00. The van der Waals surface area contributed by atoms with Crippen molar-refractivity contribution in [1.82, 2.24) is 10.2 Å². The summed E-state index contributed by atoms with van der Waals surface area (Å²) in [5, 5.41) is 3.86. The van der Waals surface area contributed by atoms with Gasteiger partial charge in [-0.25, -0.2) is 0 Å². The lowest BCUT2D eigenvalue weighted by Crippen LogP contribution is -2.70. The first kappa shape index (κ1) is 9.17. The number of rotatable bonds is 1. The van der Waals surface area contributed by atoms with Gasteiger partial charge in [-0.05, 0) is 58.0 Å². The van der Waals surface area contributed by atoms with Crippen LogP contribution in [0.4, 0.5) is 0 Å². The summed E-state index contributed by atoms with van der Waals surface area (Å²) in [4.78, 5) is 2.50. The fourth-order valence-electron chi connectivity index (χ4n) is 3.56. The van der Waals surface area contributed by atoms with Crippen LogP contribution in [0, 0.1) is 5.92 Å². The van der Waals surface area contributed by atoms with Crippen molar-refractivity contribution in [2.75, 3.05) is 20.1 Å². The van der Waals surface area contributed by atoms with Crippen molar-refractivity contribution in [1.29, 1.82) is 0 Å². The van der Waals surface area contributed by atoms with Crippen LogP contribution in [0.15, 0.2) is 0 Å². The molecule has 2 unspecified atom stereocenters. The zero-order valence-corrected chi connectivity index (χ0v) is 9.26. The minimum Gasteiger partial charge on any atom is -0.308 e. The summed E-state index contributed by atoms with van der Waals surface area (Å²) >= 11 is 0. The van der Waals surface area contributed by atoms with Crippen molar-refractivity contribution in [2.45, 2.75) is 50.1 Å². The van der Waals surface area contributed by atoms with Gasteiger partial charge >= 0.3 is 0 Å². The Bertz CT molecular complexity index is 214. The van der Waals surface area contributed by atoms with Crippen LogP contribution in [0.3, 0.4) is 0 Å². The lowest BCUT2D eigenvalue weighted by molar-refractivity contribution is 0.00594. The van der Waals surface area contributed by atoms with E-state index in [1.54, 1.807) is 0 Å². The van der Waals surface area contributed by atoms with E-state index in [0.717, 1.165) is 12.0 Å². The lowest BCUT2D eigenvalue weighted by atomic mass is 9.63. The molecule has 1 aliphatic carbocycles. The molecule has 0 aromatic rings. The molecular formula is C12H22N2. The van der Waals surface area contributed by atoms with Gasteiger partial charge in [0.25, 0.3) is 0 Å². The van der Waals surface area contributed by atoms with E-state index in [1.165, 1.54) is 51.6 Å². The number of piperidine rings is 1. The van der Waals surface area contributed by atoms with E-state index in [0.29, 0.717) is 5.54 Å². The second-order valence-corrected chi connectivity index (χ2v) is 5.75. The third-order valence-electron chi connectivity index (χ3n) is 4.64. The minimum atomic E-state index is 0.640. The van der Waals surface area contributed by atoms with E-state index < -0.39 is 0 Å². The first-order valence-corrected chi connectivity index (χ1v) is 6.24. The molecule has 14 heavy (non-hydrogen) atoms. The summed E-state index contributed by atoms with van der Waals surface area (Å²) in [6, 6.07) is 0.859. The highest BCUT2D eigenvalue weighted by Crippen LogP contribution is 2.45. The molecule has 2 heterocycles. The van der Waals surface area contributed by atoms with Gasteiger partial charge in [0.05, 0.1) is 0 Å². The number of hydrogen-bond acceptors (Lipinski definition) is 2. The van der Waals surface area contributed by atoms with E-state index in [-0.39, 0.29) is 0 Å². The predicted octanol–water partition coefficient (Wildman–Crippen LogP) is 1.61. The normalized spacial score (nSPS) is 41.8. The Kier molecular flexibility index (Phi) is 2.10. The molecule has 0 aromatic heterocycles. The molecule has 0 radical (unpaired) electrons. The molecule has 1 spiro atoms. The molecule has 2 atom stereocenters. The van der Waals surface area contributed by atoms with Gasteiger partial charge in [0.15, 0.2) is 0 Å². The lowest BCUT2D eigenvalue weighted by Gasteiger charge is -2.58. The molecule has 3 aliphatic rings. The summed E-state index contributed by atoms with van der Waals surface area (Å²) < 4.78 is 0. The van der Waals surface area contributed by atoms with Gasteiger partial charge in [-0.1, -0.05) is 0 Å². The molecule has 3 fully saturated rings. The van der Waals surface area contributed by atoms with Crippen molar-refractivity contribution in [3.8, 4) is 0 Å². The average Bonchev–Trinajstić information content (AvgIpc) is 1.98. The Hall–Kier alpha value is -0.0800. The number of hydrogen-bond donors (Lipinski definition) is 1. The molecule has 2 aliphatic heterocycles. The van der Waals surface area contributed by atoms with Crippen molar-refractivity contribution in [3.05, 3.63) is 0 Å². The third-order valence-corrected chi connectivity index (χ3v) is 4.64. The van der Waals surface area contributed by atoms with Crippen molar-refractivity contribution in [3.63, 3.8) is 0 Å². The molecule has 1 N–H and O–H groups in total. The molecule has 0 aromatic carbocycles. The largest absolute Gasteiger partial charge is 0.308 e. The zero-order chi connectivity index (χ0) is 9.60. The summed E-state index contributed by atoms with van der Waals surface area (Å²) in [5.41, 5.74) is 0.640. The van der Waals surface area contributed by atoms with Gasteiger partial charge in [0.1, 0.15) is 0 Å². The molecular weight excluding hydrogens is 172 g/mol. The Balaban J connectivity index is 1.52. The molecule has 80 valence electrons. The van der Waals surface area contributed by atoms with E-state index in [9.17, 15) is 0 Å². The van der Waals surface area contributed by atoms with Crippen LogP contribution in [0.1, 0.15) is 38.5 Å². The Morgan fingerprint density at radius 1 is 1.29 bits per heavy atom. The van der Waals surface area contributed by atoms with E-state index in [4.69, 9.17) is 0 Å². The van der Waals surface area contributed by atoms with Gasteiger partial charge in [-0.3, -0.25) is 0 Å². The first-order valence-electron chi connectivity index (χ1n) is 6.24.